The van der Waals surface area contributed by atoms with Gasteiger partial charge in [-0.1, -0.05) is 6.92 Å². The number of aromatic nitrogens is 1. The van der Waals surface area contributed by atoms with Gasteiger partial charge in [-0.2, -0.15) is 0 Å². The zero-order chi connectivity index (χ0) is 13.5. The van der Waals surface area contributed by atoms with Crippen molar-refractivity contribution in [2.45, 2.75) is 30.9 Å². The monoisotopic (exact) mass is 299 g/mol. The zero-order valence-electron chi connectivity index (χ0n) is 11.2. The van der Waals surface area contributed by atoms with Crippen LogP contribution in [0.5, 0.6) is 0 Å². The molecule has 6 heteroatoms. The van der Waals surface area contributed by atoms with Crippen LogP contribution in [0.15, 0.2) is 11.6 Å². The van der Waals surface area contributed by atoms with E-state index in [9.17, 15) is 4.79 Å². The Morgan fingerprint density at radius 1 is 1.63 bits per heavy atom. The van der Waals surface area contributed by atoms with Crippen molar-refractivity contribution in [2.24, 2.45) is 0 Å². The topological polar surface area (TPSA) is 54.0 Å². The normalized spacial score (nSPS) is 18.2. The zero-order valence-corrected chi connectivity index (χ0v) is 12.9. The third-order valence-electron chi connectivity index (χ3n) is 3.21. The molecule has 0 bridgehead atoms. The summed E-state index contributed by atoms with van der Waals surface area (Å²) in [5.41, 5.74) is 0. The van der Waals surface area contributed by atoms with Crippen LogP contribution in [0.3, 0.4) is 0 Å². The third-order valence-corrected chi connectivity index (χ3v) is 5.59. The van der Waals surface area contributed by atoms with Gasteiger partial charge >= 0.3 is 0 Å². The number of hydrogen-bond donors (Lipinski definition) is 2. The fourth-order valence-electron chi connectivity index (χ4n) is 2.04. The van der Waals surface area contributed by atoms with Crippen LogP contribution in [-0.2, 0) is 4.79 Å². The summed E-state index contributed by atoms with van der Waals surface area (Å²) in [6, 6.07) is 0. The van der Waals surface area contributed by atoms with Gasteiger partial charge < -0.3 is 10.6 Å². The van der Waals surface area contributed by atoms with Gasteiger partial charge in [-0.3, -0.25) is 4.79 Å². The van der Waals surface area contributed by atoms with Gasteiger partial charge in [-0.05, 0) is 25.9 Å². The number of nitrogens with zero attached hydrogens (tertiary/aromatic N) is 1. The van der Waals surface area contributed by atoms with E-state index in [1.54, 1.807) is 23.1 Å². The Labute approximate surface area is 122 Å². The summed E-state index contributed by atoms with van der Waals surface area (Å²) >= 11 is 3.43. The van der Waals surface area contributed by atoms with Crippen molar-refractivity contribution in [1.82, 2.24) is 15.6 Å². The van der Waals surface area contributed by atoms with Crippen LogP contribution in [0.4, 0.5) is 0 Å². The molecule has 1 aromatic rings. The first-order valence-corrected chi connectivity index (χ1v) is 8.67. The molecule has 2 N–H and O–H groups in total. The molecule has 106 valence electrons. The molecule has 2 heterocycles. The molecule has 1 saturated heterocycles. The van der Waals surface area contributed by atoms with E-state index in [4.69, 9.17) is 0 Å². The molecule has 1 aliphatic heterocycles. The van der Waals surface area contributed by atoms with Crippen LogP contribution >= 0.6 is 23.1 Å². The highest BCUT2D eigenvalue weighted by atomic mass is 32.2. The molecule has 1 unspecified atom stereocenters. The molecule has 2 rings (SSSR count). The van der Waals surface area contributed by atoms with Gasteiger partial charge in [-0.15, -0.1) is 23.1 Å². The lowest BCUT2D eigenvalue weighted by Crippen LogP contribution is -2.32. The summed E-state index contributed by atoms with van der Waals surface area (Å²) in [4.78, 5) is 16.1. The molecule has 0 spiro atoms. The van der Waals surface area contributed by atoms with E-state index in [0.29, 0.717) is 23.5 Å². The van der Waals surface area contributed by atoms with Crippen molar-refractivity contribution in [3.8, 4) is 0 Å². The van der Waals surface area contributed by atoms with Gasteiger partial charge in [0, 0.05) is 29.3 Å². The maximum Gasteiger partial charge on any atom is 0.230 e. The first-order chi connectivity index (χ1) is 9.25. The van der Waals surface area contributed by atoms with E-state index < -0.39 is 0 Å². The summed E-state index contributed by atoms with van der Waals surface area (Å²) in [5.74, 6) is 1.02. The number of hydrogen-bond acceptors (Lipinski definition) is 5. The first-order valence-electron chi connectivity index (χ1n) is 6.74. The van der Waals surface area contributed by atoms with Gasteiger partial charge in [-0.25, -0.2) is 4.98 Å². The summed E-state index contributed by atoms with van der Waals surface area (Å²) in [5, 5.41) is 10.0. The first kappa shape index (κ1) is 14.8. The Kier molecular flexibility index (Phi) is 6.13. The molecule has 0 aliphatic carbocycles. The summed E-state index contributed by atoms with van der Waals surface area (Å²) in [6.07, 6.45) is 4.16. The molecular weight excluding hydrogens is 278 g/mol. The number of thioether (sulfide) groups is 1. The van der Waals surface area contributed by atoms with E-state index in [-0.39, 0.29) is 5.91 Å². The Balaban J connectivity index is 1.61. The van der Waals surface area contributed by atoms with Crippen LogP contribution in [-0.4, -0.2) is 41.5 Å². The number of piperidine rings is 1. The fourth-order valence-corrected chi connectivity index (χ4v) is 3.80. The second-order valence-electron chi connectivity index (χ2n) is 4.84. The number of nitrogens with one attached hydrogen (secondary N) is 2. The molecule has 1 atom stereocenters. The Morgan fingerprint density at radius 3 is 3.11 bits per heavy atom. The van der Waals surface area contributed by atoms with Crippen LogP contribution in [0.2, 0.25) is 0 Å². The molecule has 0 saturated carbocycles. The molecule has 1 fully saturated rings. The summed E-state index contributed by atoms with van der Waals surface area (Å²) in [7, 11) is 0. The van der Waals surface area contributed by atoms with Crippen molar-refractivity contribution in [2.75, 3.05) is 25.4 Å². The lowest BCUT2D eigenvalue weighted by molar-refractivity contribution is -0.118. The highest BCUT2D eigenvalue weighted by molar-refractivity contribution is 8.00. The molecular formula is C13H21N3OS2. The van der Waals surface area contributed by atoms with Gasteiger partial charge in [0.05, 0.1) is 10.8 Å². The van der Waals surface area contributed by atoms with E-state index >= 15 is 0 Å². The Morgan fingerprint density at radius 2 is 2.42 bits per heavy atom. The second kappa shape index (κ2) is 7.87. The van der Waals surface area contributed by atoms with Crippen molar-refractivity contribution >= 4 is 29.0 Å². The van der Waals surface area contributed by atoms with Crippen molar-refractivity contribution in [1.29, 1.82) is 0 Å². The van der Waals surface area contributed by atoms with Crippen LogP contribution in [0.1, 0.15) is 30.7 Å². The maximum absolute atomic E-state index is 11.8. The number of rotatable bonds is 6. The second-order valence-corrected chi connectivity index (χ2v) is 7.05. The predicted molar refractivity (Wildman–Crippen MR) is 81.9 cm³/mol. The molecule has 0 aromatic carbocycles. The Hall–Kier alpha value is -0.590. The SMILES string of the molecule is CC(CNC(=O)CSC1CCNCC1)c1nccs1. The van der Waals surface area contributed by atoms with E-state index in [2.05, 4.69) is 22.5 Å². The van der Waals surface area contributed by atoms with Crippen LogP contribution in [0.25, 0.3) is 0 Å². The molecule has 4 nitrogen and oxygen atoms in total. The number of amides is 1. The van der Waals surface area contributed by atoms with Gasteiger partial charge in [0.25, 0.3) is 0 Å². The molecule has 1 aliphatic rings. The lowest BCUT2D eigenvalue weighted by atomic mass is 10.2. The maximum atomic E-state index is 11.8. The summed E-state index contributed by atoms with van der Waals surface area (Å²) < 4.78 is 0. The molecule has 1 amide bonds. The highest BCUT2D eigenvalue weighted by Gasteiger charge is 2.15. The number of carbonyl (C=O) groups excluding carboxylic acids is 1. The number of carbonyl (C=O) groups is 1. The molecule has 1 aromatic heterocycles. The molecule has 19 heavy (non-hydrogen) atoms. The van der Waals surface area contributed by atoms with Gasteiger partial charge in [0.15, 0.2) is 0 Å². The minimum absolute atomic E-state index is 0.145. The quantitative estimate of drug-likeness (QED) is 0.842. The summed E-state index contributed by atoms with van der Waals surface area (Å²) in [6.45, 7) is 4.94. The minimum Gasteiger partial charge on any atom is -0.355 e. The van der Waals surface area contributed by atoms with E-state index in [0.717, 1.165) is 18.1 Å². The predicted octanol–water partition coefficient (Wildman–Crippen LogP) is 1.85. The van der Waals surface area contributed by atoms with E-state index in [1.165, 1.54) is 12.8 Å². The van der Waals surface area contributed by atoms with Crippen molar-refractivity contribution in [3.05, 3.63) is 16.6 Å². The average Bonchev–Trinajstić information content (AvgIpc) is 2.98. The average molecular weight is 299 g/mol. The number of thiazole rings is 1. The lowest BCUT2D eigenvalue weighted by Gasteiger charge is -2.21. The van der Waals surface area contributed by atoms with Gasteiger partial charge in [0.1, 0.15) is 0 Å². The standard InChI is InChI=1S/C13H21N3OS2/c1-10(13-15-6-7-18-13)8-16-12(17)9-19-11-2-4-14-5-3-11/h6-7,10-11,14H,2-5,8-9H2,1H3,(H,16,17). The molecule has 0 radical (unpaired) electrons. The van der Waals surface area contributed by atoms with Crippen LogP contribution < -0.4 is 10.6 Å². The smallest absolute Gasteiger partial charge is 0.230 e. The van der Waals surface area contributed by atoms with E-state index in [1.807, 2.05) is 11.6 Å². The third kappa shape index (κ3) is 5.12. The van der Waals surface area contributed by atoms with Crippen molar-refractivity contribution < 1.29 is 4.79 Å². The fraction of sp³-hybridized carbons (Fsp3) is 0.692. The highest BCUT2D eigenvalue weighted by Crippen LogP contribution is 2.20. The van der Waals surface area contributed by atoms with Crippen LogP contribution in [0, 0.1) is 0 Å². The largest absolute Gasteiger partial charge is 0.355 e. The minimum atomic E-state index is 0.145. The van der Waals surface area contributed by atoms with Crippen molar-refractivity contribution in [3.63, 3.8) is 0 Å². The van der Waals surface area contributed by atoms with Gasteiger partial charge in [0.2, 0.25) is 5.91 Å². The Bertz CT molecular complexity index is 377.